The maximum atomic E-state index is 13.9. The molecule has 2 fully saturated rings. The Labute approximate surface area is 265 Å². The fourth-order valence-corrected chi connectivity index (χ4v) is 7.97. The van der Waals surface area contributed by atoms with Crippen molar-refractivity contribution in [2.75, 3.05) is 75.6 Å². The highest BCUT2D eigenvalue weighted by Crippen LogP contribution is 2.38. The summed E-state index contributed by atoms with van der Waals surface area (Å²) in [6, 6.07) is 12.6. The van der Waals surface area contributed by atoms with Gasteiger partial charge in [0.25, 0.3) is 5.91 Å². The van der Waals surface area contributed by atoms with Crippen LogP contribution < -0.4 is 20.3 Å². The van der Waals surface area contributed by atoms with Crippen LogP contribution in [-0.4, -0.2) is 99.9 Å². The largest absolute Gasteiger partial charge is 0.497 e. The van der Waals surface area contributed by atoms with Crippen molar-refractivity contribution in [2.45, 2.75) is 49.6 Å². The number of anilines is 3. The smallest absolute Gasteiger partial charge is 0.258 e. The number of sulfonamides is 1. The maximum absolute atomic E-state index is 13.9. The highest BCUT2D eigenvalue weighted by atomic mass is 32.2. The second kappa shape index (κ2) is 12.6. The van der Waals surface area contributed by atoms with E-state index in [1.165, 1.54) is 17.5 Å². The zero-order valence-corrected chi connectivity index (χ0v) is 27.2. The highest BCUT2D eigenvalue weighted by Gasteiger charge is 2.41. The number of ether oxygens (including phenoxy) is 2. The number of aromatic amines is 1. The second-order valence-electron chi connectivity index (χ2n) is 12.8. The van der Waals surface area contributed by atoms with Gasteiger partial charge in [-0.15, -0.1) is 0 Å². The summed E-state index contributed by atoms with van der Waals surface area (Å²) < 4.78 is 39.8. The van der Waals surface area contributed by atoms with Crippen molar-refractivity contribution >= 4 is 33.1 Å². The van der Waals surface area contributed by atoms with E-state index in [1.54, 1.807) is 18.2 Å². The number of carbonyl (C=O) groups excluding carboxylic acids is 1. The molecule has 3 aliphatic rings. The van der Waals surface area contributed by atoms with Gasteiger partial charge in [-0.2, -0.15) is 9.40 Å². The number of methoxy groups -OCH3 is 1. The van der Waals surface area contributed by atoms with Crippen LogP contribution in [0, 0.1) is 0 Å². The summed E-state index contributed by atoms with van der Waals surface area (Å²) in [6.07, 6.45) is 1.72. The Morgan fingerprint density at radius 3 is 2.58 bits per heavy atom. The molecule has 3 aliphatic heterocycles. The number of benzene rings is 2. The predicted octanol–water partition coefficient (Wildman–Crippen LogP) is 3.50. The van der Waals surface area contributed by atoms with Crippen molar-refractivity contribution in [3.05, 3.63) is 59.3 Å². The molecule has 1 aromatic heterocycles. The summed E-state index contributed by atoms with van der Waals surface area (Å²) in [7, 11) is -0.218. The molecule has 1 amide bonds. The Morgan fingerprint density at radius 2 is 1.84 bits per heavy atom. The summed E-state index contributed by atoms with van der Waals surface area (Å²) in [5.74, 6) is 0.483. The van der Waals surface area contributed by atoms with Crippen LogP contribution in [0.4, 0.5) is 17.2 Å². The summed E-state index contributed by atoms with van der Waals surface area (Å²) in [5.41, 5.74) is 3.23. The molecule has 242 valence electrons. The number of carbonyl (C=O) groups is 1. The fourth-order valence-electron chi connectivity index (χ4n) is 6.36. The molecule has 0 radical (unpaired) electrons. The molecule has 0 unspecified atom stereocenters. The van der Waals surface area contributed by atoms with Gasteiger partial charge in [0.2, 0.25) is 10.0 Å². The number of nitrogens with one attached hydrogen (secondary N) is 3. The first-order valence-electron chi connectivity index (χ1n) is 15.5. The SMILES string of the molecule is COc1cccc(S(=O)(=O)N2Cc3c(NC(=O)c4ccc(N5CCN(C)CC5)cc4NC4CCOCC4)n[nH]c3C(C)(C)C2)c1. The van der Waals surface area contributed by atoms with E-state index in [9.17, 15) is 13.2 Å². The van der Waals surface area contributed by atoms with Gasteiger partial charge in [-0.25, -0.2) is 8.42 Å². The molecule has 6 rings (SSSR count). The van der Waals surface area contributed by atoms with E-state index in [-0.39, 0.29) is 29.9 Å². The number of H-pyrrole nitrogens is 1. The number of amides is 1. The minimum atomic E-state index is -3.85. The van der Waals surface area contributed by atoms with Gasteiger partial charge in [0.15, 0.2) is 5.82 Å². The molecule has 0 spiro atoms. The van der Waals surface area contributed by atoms with Crippen LogP contribution in [0.25, 0.3) is 0 Å². The number of likely N-dealkylation sites (N-methyl/N-ethyl adjacent to an activating group) is 1. The van der Waals surface area contributed by atoms with Gasteiger partial charge in [0.1, 0.15) is 5.75 Å². The summed E-state index contributed by atoms with van der Waals surface area (Å²) >= 11 is 0. The Morgan fingerprint density at radius 1 is 1.09 bits per heavy atom. The third-order valence-electron chi connectivity index (χ3n) is 9.06. The molecule has 2 saturated heterocycles. The van der Waals surface area contributed by atoms with Crippen molar-refractivity contribution in [1.29, 1.82) is 0 Å². The van der Waals surface area contributed by atoms with Crippen LogP contribution >= 0.6 is 0 Å². The molecule has 0 saturated carbocycles. The highest BCUT2D eigenvalue weighted by molar-refractivity contribution is 7.89. The van der Waals surface area contributed by atoms with Crippen molar-refractivity contribution in [3.63, 3.8) is 0 Å². The molecule has 0 atom stereocenters. The maximum Gasteiger partial charge on any atom is 0.258 e. The van der Waals surface area contributed by atoms with Crippen LogP contribution in [-0.2, 0) is 26.7 Å². The first kappa shape index (κ1) is 31.3. The molecule has 12 nitrogen and oxygen atoms in total. The molecule has 2 aromatic carbocycles. The Hall–Kier alpha value is -3.65. The molecule has 4 heterocycles. The lowest BCUT2D eigenvalue weighted by atomic mass is 9.84. The lowest BCUT2D eigenvalue weighted by Crippen LogP contribution is -2.45. The first-order chi connectivity index (χ1) is 21.5. The molecular formula is C32H43N7O5S. The molecule has 0 aliphatic carbocycles. The quantitative estimate of drug-likeness (QED) is 0.340. The van der Waals surface area contributed by atoms with Crippen LogP contribution in [0.5, 0.6) is 5.75 Å². The summed E-state index contributed by atoms with van der Waals surface area (Å²) in [5, 5.41) is 14.2. The van der Waals surface area contributed by atoms with Gasteiger partial charge in [-0.3, -0.25) is 9.89 Å². The van der Waals surface area contributed by atoms with Gasteiger partial charge >= 0.3 is 0 Å². The molecular weight excluding hydrogens is 594 g/mol. The zero-order valence-electron chi connectivity index (χ0n) is 26.4. The van der Waals surface area contributed by atoms with Crippen LogP contribution in [0.15, 0.2) is 47.4 Å². The Bertz CT molecular complexity index is 1640. The summed E-state index contributed by atoms with van der Waals surface area (Å²) in [4.78, 5) is 18.7. The molecule has 3 N–H and O–H groups in total. The minimum absolute atomic E-state index is 0.0694. The van der Waals surface area contributed by atoms with Gasteiger partial charge in [-0.1, -0.05) is 19.9 Å². The van der Waals surface area contributed by atoms with Crippen molar-refractivity contribution in [2.24, 2.45) is 0 Å². The van der Waals surface area contributed by atoms with Gasteiger partial charge in [-0.05, 0) is 50.2 Å². The number of hydrogen-bond acceptors (Lipinski definition) is 9. The third kappa shape index (κ3) is 6.53. The number of aromatic nitrogens is 2. The number of fused-ring (bicyclic) bond motifs is 1. The van der Waals surface area contributed by atoms with Crippen molar-refractivity contribution in [3.8, 4) is 5.75 Å². The van der Waals surface area contributed by atoms with Crippen LogP contribution in [0.1, 0.15) is 48.3 Å². The van der Waals surface area contributed by atoms with E-state index >= 15 is 0 Å². The predicted molar refractivity (Wildman–Crippen MR) is 174 cm³/mol. The number of rotatable bonds is 8. The second-order valence-corrected chi connectivity index (χ2v) is 14.7. The number of nitrogens with zero attached hydrogens (tertiary/aromatic N) is 4. The van der Waals surface area contributed by atoms with Crippen molar-refractivity contribution in [1.82, 2.24) is 19.4 Å². The Kier molecular flexibility index (Phi) is 8.79. The van der Waals surface area contributed by atoms with Crippen LogP contribution in [0.2, 0.25) is 0 Å². The number of piperazine rings is 1. The standard InChI is InChI=1S/C32H43N7O5S/c1-32(2)21-39(45(41,42)25-7-5-6-24(19-25)43-4)20-27-29(32)35-36-30(27)34-31(40)26-9-8-23(38-14-12-37(3)13-15-38)18-28(26)33-22-10-16-44-17-11-22/h5-9,18-19,22,33H,10-17,20-21H2,1-4H3,(H2,34,35,36,40). The molecule has 0 bridgehead atoms. The average Bonchev–Trinajstić information content (AvgIpc) is 3.45. The van der Waals surface area contributed by atoms with Gasteiger partial charge in [0, 0.05) is 92.6 Å². The topological polar surface area (TPSA) is 132 Å². The third-order valence-corrected chi connectivity index (χ3v) is 10.8. The average molecular weight is 638 g/mol. The normalized spacial score (nSPS) is 19.6. The van der Waals surface area contributed by atoms with E-state index in [1.807, 2.05) is 26.0 Å². The number of hydrogen-bond donors (Lipinski definition) is 3. The minimum Gasteiger partial charge on any atom is -0.497 e. The van der Waals surface area contributed by atoms with Gasteiger partial charge in [0.05, 0.1) is 17.6 Å². The van der Waals surface area contributed by atoms with Crippen molar-refractivity contribution < 1.29 is 22.7 Å². The zero-order chi connectivity index (χ0) is 31.8. The lowest BCUT2D eigenvalue weighted by molar-refractivity contribution is 0.0904. The Balaban J connectivity index is 1.28. The molecule has 13 heteroatoms. The monoisotopic (exact) mass is 637 g/mol. The van der Waals surface area contributed by atoms with E-state index in [2.05, 4.69) is 43.7 Å². The molecule has 3 aromatic rings. The summed E-state index contributed by atoms with van der Waals surface area (Å²) in [6.45, 7) is 9.43. The van der Waals surface area contributed by atoms with Crippen LogP contribution in [0.3, 0.4) is 0 Å². The van der Waals surface area contributed by atoms with Gasteiger partial charge < -0.3 is 29.9 Å². The first-order valence-corrected chi connectivity index (χ1v) is 16.9. The van der Waals surface area contributed by atoms with E-state index < -0.39 is 15.4 Å². The van der Waals surface area contributed by atoms with E-state index in [0.717, 1.165) is 56.1 Å². The lowest BCUT2D eigenvalue weighted by Gasteiger charge is -2.37. The van der Waals surface area contributed by atoms with E-state index in [4.69, 9.17) is 9.47 Å². The molecule has 45 heavy (non-hydrogen) atoms. The fraction of sp³-hybridized carbons (Fsp3) is 0.500. The van der Waals surface area contributed by atoms with E-state index in [0.29, 0.717) is 35.9 Å².